The van der Waals surface area contributed by atoms with Crippen molar-refractivity contribution in [1.82, 2.24) is 0 Å². The fourth-order valence-corrected chi connectivity index (χ4v) is 3.07. The molecule has 2 rings (SSSR count). The van der Waals surface area contributed by atoms with Crippen molar-refractivity contribution in [3.05, 3.63) is 40.6 Å². The Morgan fingerprint density at radius 1 is 1.00 bits per heavy atom. The van der Waals surface area contributed by atoms with Gasteiger partial charge in [-0.3, -0.25) is 0 Å². The van der Waals surface area contributed by atoms with Crippen molar-refractivity contribution >= 4 is 39.0 Å². The van der Waals surface area contributed by atoms with E-state index in [2.05, 4.69) is 50.0 Å². The fraction of sp³-hybridized carbons (Fsp3) is 0.333. The average Bonchev–Trinajstić information content (AvgIpc) is 2.45. The van der Waals surface area contributed by atoms with E-state index in [4.69, 9.17) is 0 Å². The number of fused-ring (bicyclic) bond motifs is 1. The molecule has 1 aliphatic carbocycles. The minimum atomic E-state index is -1.06. The molecular formula is C12H18Cl2SiZr. The molecule has 16 heavy (non-hydrogen) atoms. The van der Waals surface area contributed by atoms with Gasteiger partial charge in [0, 0.05) is 26.2 Å². The SMILES string of the molecule is C[Si](C)(C)C1=Cc2ccccc2C1.Cl.Cl.[Zr]. The summed E-state index contributed by atoms with van der Waals surface area (Å²) in [6, 6.07) is 8.74. The Morgan fingerprint density at radius 3 is 2.06 bits per heavy atom. The van der Waals surface area contributed by atoms with Crippen LogP contribution in [-0.2, 0) is 32.6 Å². The van der Waals surface area contributed by atoms with Crippen LogP contribution in [0.5, 0.6) is 0 Å². The van der Waals surface area contributed by atoms with Gasteiger partial charge in [-0.15, -0.1) is 24.8 Å². The minimum Gasteiger partial charge on any atom is -0.147 e. The van der Waals surface area contributed by atoms with E-state index >= 15 is 0 Å². The Labute approximate surface area is 131 Å². The summed E-state index contributed by atoms with van der Waals surface area (Å²) in [6.45, 7) is 7.26. The van der Waals surface area contributed by atoms with E-state index in [9.17, 15) is 0 Å². The summed E-state index contributed by atoms with van der Waals surface area (Å²) in [4.78, 5) is 0. The fourth-order valence-electron chi connectivity index (χ4n) is 1.76. The van der Waals surface area contributed by atoms with Gasteiger partial charge in [0.05, 0.1) is 8.07 Å². The Balaban J connectivity index is 0. The number of hydrogen-bond acceptors (Lipinski definition) is 0. The van der Waals surface area contributed by atoms with Crippen molar-refractivity contribution in [2.45, 2.75) is 26.1 Å². The summed E-state index contributed by atoms with van der Waals surface area (Å²) >= 11 is 0. The van der Waals surface area contributed by atoms with Crippen LogP contribution in [0.15, 0.2) is 29.5 Å². The molecule has 1 aliphatic rings. The van der Waals surface area contributed by atoms with E-state index in [0.29, 0.717) is 0 Å². The summed E-state index contributed by atoms with van der Waals surface area (Å²) in [7, 11) is -1.06. The van der Waals surface area contributed by atoms with Crippen molar-refractivity contribution < 1.29 is 26.2 Å². The van der Waals surface area contributed by atoms with Gasteiger partial charge in [0.15, 0.2) is 0 Å². The predicted octanol–water partition coefficient (Wildman–Crippen LogP) is 4.34. The smallest absolute Gasteiger partial charge is 0.0729 e. The molecule has 0 fully saturated rings. The summed E-state index contributed by atoms with van der Waals surface area (Å²) in [5.74, 6) is 0. The van der Waals surface area contributed by atoms with Crippen LogP contribution < -0.4 is 0 Å². The van der Waals surface area contributed by atoms with Gasteiger partial charge in [0.1, 0.15) is 0 Å². The van der Waals surface area contributed by atoms with Crippen molar-refractivity contribution in [2.75, 3.05) is 0 Å². The molecule has 0 saturated carbocycles. The molecule has 88 valence electrons. The van der Waals surface area contributed by atoms with Crippen LogP contribution in [0.2, 0.25) is 19.6 Å². The molecule has 0 aliphatic heterocycles. The third-order valence-corrected chi connectivity index (χ3v) is 4.98. The molecule has 0 bridgehead atoms. The largest absolute Gasteiger partial charge is 0.147 e. The van der Waals surface area contributed by atoms with Crippen LogP contribution in [0.3, 0.4) is 0 Å². The van der Waals surface area contributed by atoms with E-state index in [1.165, 1.54) is 17.5 Å². The summed E-state index contributed by atoms with van der Waals surface area (Å²) in [5.41, 5.74) is 2.96. The molecule has 1 aromatic carbocycles. The van der Waals surface area contributed by atoms with Gasteiger partial charge in [-0.25, -0.2) is 0 Å². The van der Waals surface area contributed by atoms with Gasteiger partial charge in [-0.05, 0) is 17.5 Å². The Kier molecular flexibility index (Phi) is 8.50. The van der Waals surface area contributed by atoms with Crippen LogP contribution in [-0.4, -0.2) is 8.07 Å². The molecule has 0 N–H and O–H groups in total. The summed E-state index contributed by atoms with van der Waals surface area (Å²) in [6.07, 6.45) is 3.60. The molecule has 0 amide bonds. The molecule has 0 nitrogen and oxygen atoms in total. The van der Waals surface area contributed by atoms with E-state index in [0.717, 1.165) is 0 Å². The van der Waals surface area contributed by atoms with Crippen LogP contribution in [0.25, 0.3) is 6.08 Å². The first kappa shape index (κ1) is 19.0. The zero-order valence-corrected chi connectivity index (χ0v) is 15.0. The summed E-state index contributed by atoms with van der Waals surface area (Å²) in [5, 5.41) is 1.69. The number of allylic oxidation sites excluding steroid dienone is 1. The first-order valence-electron chi connectivity index (χ1n) is 4.86. The second kappa shape index (κ2) is 7.16. The number of halogens is 2. The zero-order chi connectivity index (χ0) is 9.47. The van der Waals surface area contributed by atoms with Crippen molar-refractivity contribution in [2.24, 2.45) is 0 Å². The molecule has 1 aromatic rings. The number of rotatable bonds is 1. The normalized spacial score (nSPS) is 12.6. The van der Waals surface area contributed by atoms with E-state index in [-0.39, 0.29) is 51.0 Å². The molecule has 0 unspecified atom stereocenters. The zero-order valence-electron chi connectivity index (χ0n) is 9.91. The molecule has 0 aromatic heterocycles. The quantitative estimate of drug-likeness (QED) is 0.660. The first-order chi connectivity index (χ1) is 6.07. The second-order valence-electron chi connectivity index (χ2n) is 4.80. The molecule has 0 saturated heterocycles. The first-order valence-corrected chi connectivity index (χ1v) is 8.36. The van der Waals surface area contributed by atoms with Gasteiger partial charge in [-0.1, -0.05) is 55.2 Å². The maximum atomic E-state index is 2.42. The van der Waals surface area contributed by atoms with E-state index in [1.807, 2.05) is 0 Å². The summed E-state index contributed by atoms with van der Waals surface area (Å²) < 4.78 is 0. The third-order valence-electron chi connectivity index (χ3n) is 2.73. The Bertz CT molecular complexity index is 370. The van der Waals surface area contributed by atoms with Crippen LogP contribution in [0, 0.1) is 0 Å². The molecule has 0 atom stereocenters. The second-order valence-corrected chi connectivity index (χ2v) is 9.94. The van der Waals surface area contributed by atoms with Gasteiger partial charge < -0.3 is 0 Å². The monoisotopic (exact) mass is 350 g/mol. The van der Waals surface area contributed by atoms with Gasteiger partial charge >= 0.3 is 0 Å². The van der Waals surface area contributed by atoms with Gasteiger partial charge in [-0.2, -0.15) is 0 Å². The Hall–Kier alpha value is 0.640. The van der Waals surface area contributed by atoms with Crippen molar-refractivity contribution in [3.63, 3.8) is 0 Å². The standard InChI is InChI=1S/C12H16Si.2ClH.Zr/c1-13(2,3)12-8-10-6-4-5-7-11(10)9-12;;;/h4-8H,9H2,1-3H3;2*1H;. The Morgan fingerprint density at radius 2 is 1.56 bits per heavy atom. The minimum absolute atomic E-state index is 0. The van der Waals surface area contributed by atoms with Gasteiger partial charge in [0.2, 0.25) is 0 Å². The molecule has 0 heterocycles. The van der Waals surface area contributed by atoms with Crippen molar-refractivity contribution in [1.29, 1.82) is 0 Å². The molecular weight excluding hydrogens is 334 g/mol. The van der Waals surface area contributed by atoms with Crippen LogP contribution in [0.4, 0.5) is 0 Å². The predicted molar refractivity (Wildman–Crippen MR) is 76.0 cm³/mol. The topological polar surface area (TPSA) is 0 Å². The third kappa shape index (κ3) is 4.14. The van der Waals surface area contributed by atoms with E-state index in [1.54, 1.807) is 5.20 Å². The molecule has 0 radical (unpaired) electrons. The number of hydrogen-bond donors (Lipinski definition) is 0. The van der Waals surface area contributed by atoms with Crippen LogP contribution >= 0.6 is 24.8 Å². The number of benzene rings is 1. The molecule has 0 spiro atoms. The maximum absolute atomic E-state index is 2.42. The maximum Gasteiger partial charge on any atom is 0.0729 e. The van der Waals surface area contributed by atoms with Gasteiger partial charge in [0.25, 0.3) is 0 Å². The average molecular weight is 352 g/mol. The van der Waals surface area contributed by atoms with Crippen LogP contribution in [0.1, 0.15) is 11.1 Å². The van der Waals surface area contributed by atoms with E-state index < -0.39 is 8.07 Å². The molecule has 4 heteroatoms. The van der Waals surface area contributed by atoms with Crippen molar-refractivity contribution in [3.8, 4) is 0 Å².